The molecule has 1 saturated heterocycles. The summed E-state index contributed by atoms with van der Waals surface area (Å²) >= 11 is 0. The first-order valence-electron chi connectivity index (χ1n) is 6.73. The number of nitriles is 1. The maximum Gasteiger partial charge on any atom is 0.241 e. The first-order valence-corrected chi connectivity index (χ1v) is 8.22. The van der Waals surface area contributed by atoms with Gasteiger partial charge in [-0.25, -0.2) is 13.1 Å². The van der Waals surface area contributed by atoms with Crippen LogP contribution in [0.25, 0.3) is 0 Å². The monoisotopic (exact) mass is 293 g/mol. The van der Waals surface area contributed by atoms with E-state index in [0.29, 0.717) is 6.54 Å². The van der Waals surface area contributed by atoms with Gasteiger partial charge < -0.3 is 4.90 Å². The summed E-state index contributed by atoms with van der Waals surface area (Å²) in [5, 5.41) is 8.99. The molecule has 1 aromatic carbocycles. The van der Waals surface area contributed by atoms with Crippen LogP contribution in [-0.4, -0.2) is 39.5 Å². The Hall–Kier alpha value is -1.42. The van der Waals surface area contributed by atoms with Crippen LogP contribution in [0.3, 0.4) is 0 Å². The van der Waals surface area contributed by atoms with Crippen LogP contribution in [0.15, 0.2) is 29.2 Å². The fraction of sp³-hybridized carbons (Fsp3) is 0.500. The van der Waals surface area contributed by atoms with Gasteiger partial charge in [0.1, 0.15) is 6.07 Å². The summed E-state index contributed by atoms with van der Waals surface area (Å²) in [5.74, 6) is 0. The van der Waals surface area contributed by atoms with E-state index in [2.05, 4.69) is 9.62 Å². The molecule has 108 valence electrons. The predicted octanol–water partition coefficient (Wildman–Crippen LogP) is 1.32. The summed E-state index contributed by atoms with van der Waals surface area (Å²) in [6.45, 7) is 1.39. The van der Waals surface area contributed by atoms with Gasteiger partial charge in [0.2, 0.25) is 10.0 Å². The lowest BCUT2D eigenvalue weighted by atomic mass is 10.0. The minimum atomic E-state index is -3.63. The Morgan fingerprint density at radius 1 is 1.40 bits per heavy atom. The molecule has 1 aliphatic heterocycles. The van der Waals surface area contributed by atoms with Crippen LogP contribution in [0.4, 0.5) is 0 Å². The number of likely N-dealkylation sites (N-methyl/N-ethyl adjacent to an activating group) is 1. The molecule has 0 aliphatic carbocycles. The van der Waals surface area contributed by atoms with E-state index >= 15 is 0 Å². The average Bonchev–Trinajstić information content (AvgIpc) is 2.46. The van der Waals surface area contributed by atoms with E-state index in [4.69, 9.17) is 5.26 Å². The molecule has 0 amide bonds. The fourth-order valence-electron chi connectivity index (χ4n) is 2.48. The molecule has 1 atom stereocenters. The number of sulfonamides is 1. The van der Waals surface area contributed by atoms with Gasteiger partial charge in [-0.05, 0) is 38.6 Å². The van der Waals surface area contributed by atoms with E-state index in [1.807, 2.05) is 13.1 Å². The molecule has 0 spiro atoms. The smallest absolute Gasteiger partial charge is 0.241 e. The van der Waals surface area contributed by atoms with E-state index in [-0.39, 0.29) is 16.5 Å². The minimum Gasteiger partial charge on any atom is -0.302 e. The summed E-state index contributed by atoms with van der Waals surface area (Å²) in [7, 11) is -1.61. The zero-order valence-corrected chi connectivity index (χ0v) is 12.4. The van der Waals surface area contributed by atoms with Gasteiger partial charge >= 0.3 is 0 Å². The van der Waals surface area contributed by atoms with Gasteiger partial charge in [-0.3, -0.25) is 0 Å². The van der Waals surface area contributed by atoms with Crippen LogP contribution in [0, 0.1) is 11.3 Å². The van der Waals surface area contributed by atoms with Gasteiger partial charge in [0.25, 0.3) is 0 Å². The molecule has 1 aliphatic rings. The predicted molar refractivity (Wildman–Crippen MR) is 76.6 cm³/mol. The second-order valence-corrected chi connectivity index (χ2v) is 6.83. The molecule has 0 saturated carbocycles. The third kappa shape index (κ3) is 3.37. The number of nitrogens with zero attached hydrogens (tertiary/aromatic N) is 2. The van der Waals surface area contributed by atoms with Crippen LogP contribution < -0.4 is 4.72 Å². The van der Waals surface area contributed by atoms with Crippen molar-refractivity contribution in [1.29, 1.82) is 5.26 Å². The van der Waals surface area contributed by atoms with E-state index in [1.165, 1.54) is 12.1 Å². The third-order valence-corrected chi connectivity index (χ3v) is 5.21. The highest BCUT2D eigenvalue weighted by molar-refractivity contribution is 7.89. The third-order valence-electron chi connectivity index (χ3n) is 3.73. The second-order valence-electron chi connectivity index (χ2n) is 5.09. The summed E-state index contributed by atoms with van der Waals surface area (Å²) in [4.78, 5) is 2.24. The fourth-order valence-corrected chi connectivity index (χ4v) is 3.71. The molecular weight excluding hydrogens is 274 g/mol. The first-order chi connectivity index (χ1) is 9.54. The Balaban J connectivity index is 2.10. The van der Waals surface area contributed by atoms with Crippen molar-refractivity contribution >= 4 is 10.0 Å². The lowest BCUT2D eigenvalue weighted by Gasteiger charge is -2.32. The molecule has 5 nitrogen and oxygen atoms in total. The molecule has 1 N–H and O–H groups in total. The molecule has 1 aromatic rings. The highest BCUT2D eigenvalue weighted by atomic mass is 32.2. The molecule has 0 aromatic heterocycles. The van der Waals surface area contributed by atoms with Gasteiger partial charge in [-0.1, -0.05) is 18.6 Å². The maximum atomic E-state index is 12.3. The van der Waals surface area contributed by atoms with Crippen LogP contribution >= 0.6 is 0 Å². The molecule has 6 heteroatoms. The van der Waals surface area contributed by atoms with E-state index < -0.39 is 10.0 Å². The first kappa shape index (κ1) is 15.0. The number of rotatable bonds is 4. The van der Waals surface area contributed by atoms with Crippen LogP contribution in [0.1, 0.15) is 24.8 Å². The standard InChI is InChI=1S/C14H19N3O2S/c1-17-9-5-4-7-13(17)11-16-20(18,19)14-8-3-2-6-12(14)10-15/h2-3,6,8,13,16H,4-5,7,9,11H2,1H3. The molecule has 1 fully saturated rings. The highest BCUT2D eigenvalue weighted by Gasteiger charge is 2.23. The topological polar surface area (TPSA) is 73.2 Å². The number of piperidine rings is 1. The van der Waals surface area contributed by atoms with Crippen molar-refractivity contribution in [3.63, 3.8) is 0 Å². The van der Waals surface area contributed by atoms with Crippen LogP contribution in [0.5, 0.6) is 0 Å². The Labute approximate surface area is 120 Å². The van der Waals surface area contributed by atoms with Crippen molar-refractivity contribution < 1.29 is 8.42 Å². The number of likely N-dealkylation sites (tertiary alicyclic amines) is 1. The van der Waals surface area contributed by atoms with E-state index in [9.17, 15) is 8.42 Å². The number of hydrogen-bond acceptors (Lipinski definition) is 4. The van der Waals surface area contributed by atoms with E-state index in [1.54, 1.807) is 12.1 Å². The quantitative estimate of drug-likeness (QED) is 0.908. The Morgan fingerprint density at radius 3 is 2.85 bits per heavy atom. The summed E-state index contributed by atoms with van der Waals surface area (Å²) < 4.78 is 27.2. The zero-order chi connectivity index (χ0) is 14.6. The van der Waals surface area contributed by atoms with Crippen molar-refractivity contribution in [3.8, 4) is 6.07 Å². The SMILES string of the molecule is CN1CCCCC1CNS(=O)(=O)c1ccccc1C#N. The van der Waals surface area contributed by atoms with Crippen LogP contribution in [0.2, 0.25) is 0 Å². The maximum absolute atomic E-state index is 12.3. The molecule has 0 radical (unpaired) electrons. The van der Waals surface area contributed by atoms with Crippen molar-refractivity contribution in [1.82, 2.24) is 9.62 Å². The summed E-state index contributed by atoms with van der Waals surface area (Å²) in [6, 6.07) is 8.41. The van der Waals surface area contributed by atoms with E-state index in [0.717, 1.165) is 25.8 Å². The average molecular weight is 293 g/mol. The number of nitrogens with one attached hydrogen (secondary N) is 1. The second kappa shape index (κ2) is 6.35. The van der Waals surface area contributed by atoms with Crippen LogP contribution in [-0.2, 0) is 10.0 Å². The molecule has 2 rings (SSSR count). The largest absolute Gasteiger partial charge is 0.302 e. The van der Waals surface area contributed by atoms with Gasteiger partial charge in [0.05, 0.1) is 10.5 Å². The summed E-state index contributed by atoms with van der Waals surface area (Å²) in [5.41, 5.74) is 0.178. The van der Waals surface area contributed by atoms with Crippen molar-refractivity contribution in [2.45, 2.75) is 30.2 Å². The lowest BCUT2D eigenvalue weighted by Crippen LogP contribution is -2.44. The number of benzene rings is 1. The Morgan fingerprint density at radius 2 is 2.15 bits per heavy atom. The zero-order valence-electron chi connectivity index (χ0n) is 11.5. The van der Waals surface area contributed by atoms with Crippen molar-refractivity contribution in [2.75, 3.05) is 20.1 Å². The summed E-state index contributed by atoms with van der Waals surface area (Å²) in [6.07, 6.45) is 3.29. The highest BCUT2D eigenvalue weighted by Crippen LogP contribution is 2.17. The van der Waals surface area contributed by atoms with Crippen molar-refractivity contribution in [2.24, 2.45) is 0 Å². The van der Waals surface area contributed by atoms with Gasteiger partial charge in [0.15, 0.2) is 0 Å². The molecule has 1 unspecified atom stereocenters. The van der Waals surface area contributed by atoms with Gasteiger partial charge in [0, 0.05) is 12.6 Å². The minimum absolute atomic E-state index is 0.0564. The van der Waals surface area contributed by atoms with Gasteiger partial charge in [-0.15, -0.1) is 0 Å². The lowest BCUT2D eigenvalue weighted by molar-refractivity contribution is 0.187. The number of hydrogen-bond donors (Lipinski definition) is 1. The Kier molecular flexibility index (Phi) is 4.76. The van der Waals surface area contributed by atoms with Gasteiger partial charge in [-0.2, -0.15) is 5.26 Å². The molecule has 1 heterocycles. The van der Waals surface area contributed by atoms with Crippen molar-refractivity contribution in [3.05, 3.63) is 29.8 Å². The Bertz CT molecular complexity index is 607. The molecule has 0 bridgehead atoms. The molecular formula is C14H19N3O2S. The normalized spacial score (nSPS) is 20.5. The molecule has 20 heavy (non-hydrogen) atoms.